The van der Waals surface area contributed by atoms with Crippen molar-refractivity contribution < 1.29 is 9.32 Å². The van der Waals surface area contributed by atoms with Crippen LogP contribution < -0.4 is 5.32 Å². The summed E-state index contributed by atoms with van der Waals surface area (Å²) in [6.45, 7) is 16.1. The highest BCUT2D eigenvalue weighted by molar-refractivity contribution is 5.92. The molecule has 1 atom stereocenters. The zero-order valence-corrected chi connectivity index (χ0v) is 16.3. The zero-order valence-electron chi connectivity index (χ0n) is 16.3. The Morgan fingerprint density at radius 2 is 1.96 bits per heavy atom. The van der Waals surface area contributed by atoms with Gasteiger partial charge >= 0.3 is 0 Å². The molecule has 0 aliphatic heterocycles. The molecule has 1 unspecified atom stereocenters. The van der Waals surface area contributed by atoms with Crippen LogP contribution >= 0.6 is 0 Å². The molecule has 1 aromatic rings. The van der Waals surface area contributed by atoms with E-state index in [4.69, 9.17) is 4.52 Å². The van der Waals surface area contributed by atoms with E-state index >= 15 is 0 Å². The number of carbonyl (C=O) groups is 1. The van der Waals surface area contributed by atoms with E-state index in [-0.39, 0.29) is 17.4 Å². The highest BCUT2D eigenvalue weighted by atomic mass is 16.5. The summed E-state index contributed by atoms with van der Waals surface area (Å²) in [5.41, 5.74) is 0.443. The topological polar surface area (TPSA) is 58.4 Å². The van der Waals surface area contributed by atoms with Gasteiger partial charge in [-0.25, -0.2) is 0 Å². The van der Waals surface area contributed by atoms with E-state index in [9.17, 15) is 4.79 Å². The second kappa shape index (κ2) is 9.82. The fourth-order valence-electron chi connectivity index (χ4n) is 3.34. The molecule has 5 nitrogen and oxygen atoms in total. The lowest BCUT2D eigenvalue weighted by atomic mass is 9.75. The molecule has 0 bridgehead atoms. The average Bonchev–Trinajstić information content (AvgIpc) is 3.08. The summed E-state index contributed by atoms with van der Waals surface area (Å²) >= 11 is 0. The number of aromatic nitrogens is 1. The molecule has 0 aliphatic rings. The molecule has 0 radical (unpaired) electrons. The SMILES string of the molecule is CCCN(CC)CC(CC)(CC)C(C)NC(=O)c1cc(CC)on1. The molecule has 1 heterocycles. The largest absolute Gasteiger partial charge is 0.361 e. The first kappa shape index (κ1) is 20.7. The fraction of sp³-hybridized carbons (Fsp3) is 0.789. The van der Waals surface area contributed by atoms with Gasteiger partial charge in [0.15, 0.2) is 5.69 Å². The Kier molecular flexibility index (Phi) is 8.46. The van der Waals surface area contributed by atoms with Crippen molar-refractivity contribution in [2.45, 2.75) is 73.3 Å². The van der Waals surface area contributed by atoms with Gasteiger partial charge in [-0.3, -0.25) is 4.79 Å². The molecule has 1 rings (SSSR count). The van der Waals surface area contributed by atoms with Gasteiger partial charge in [0, 0.05) is 30.5 Å². The molecule has 0 fully saturated rings. The van der Waals surface area contributed by atoms with E-state index in [1.165, 1.54) is 0 Å². The molecule has 0 saturated heterocycles. The third kappa shape index (κ3) is 5.07. The number of aryl methyl sites for hydroxylation is 1. The molecule has 0 spiro atoms. The van der Waals surface area contributed by atoms with Gasteiger partial charge in [-0.05, 0) is 39.3 Å². The molecule has 1 amide bonds. The molecule has 0 saturated carbocycles. The number of nitrogens with one attached hydrogen (secondary N) is 1. The van der Waals surface area contributed by atoms with Gasteiger partial charge in [0.2, 0.25) is 0 Å². The Hall–Kier alpha value is -1.36. The first-order valence-corrected chi connectivity index (χ1v) is 9.44. The third-order valence-corrected chi connectivity index (χ3v) is 5.34. The van der Waals surface area contributed by atoms with Gasteiger partial charge in [0.1, 0.15) is 5.76 Å². The van der Waals surface area contributed by atoms with E-state index in [0.29, 0.717) is 5.69 Å². The van der Waals surface area contributed by atoms with Gasteiger partial charge in [0.05, 0.1) is 0 Å². The standard InChI is InChI=1S/C19H35N3O2/c1-7-12-22(11-5)14-19(9-3,10-4)15(6)20-18(23)17-13-16(8-2)24-21-17/h13,15H,7-12,14H2,1-6H3,(H,20,23). The minimum absolute atomic E-state index is 0.0676. The lowest BCUT2D eigenvalue weighted by Crippen LogP contribution is -2.51. The van der Waals surface area contributed by atoms with Crippen LogP contribution in [0.4, 0.5) is 0 Å². The van der Waals surface area contributed by atoms with Crippen molar-refractivity contribution in [3.05, 3.63) is 17.5 Å². The summed E-state index contributed by atoms with van der Waals surface area (Å²) in [6, 6.07) is 1.81. The Labute approximate surface area is 147 Å². The van der Waals surface area contributed by atoms with Crippen LogP contribution in [0.1, 0.15) is 77.1 Å². The summed E-state index contributed by atoms with van der Waals surface area (Å²) in [4.78, 5) is 15.0. The molecule has 1 N–H and O–H groups in total. The maximum Gasteiger partial charge on any atom is 0.273 e. The van der Waals surface area contributed by atoms with Gasteiger partial charge in [-0.15, -0.1) is 0 Å². The van der Waals surface area contributed by atoms with Crippen molar-refractivity contribution in [2.75, 3.05) is 19.6 Å². The van der Waals surface area contributed by atoms with Gasteiger partial charge in [0.25, 0.3) is 5.91 Å². The minimum Gasteiger partial charge on any atom is -0.361 e. The molecular formula is C19H35N3O2. The molecule has 138 valence electrons. The van der Waals surface area contributed by atoms with Gasteiger partial charge in [-0.2, -0.15) is 0 Å². The van der Waals surface area contributed by atoms with Crippen LogP contribution in [0.3, 0.4) is 0 Å². The average molecular weight is 338 g/mol. The maximum atomic E-state index is 12.5. The smallest absolute Gasteiger partial charge is 0.273 e. The summed E-state index contributed by atoms with van der Waals surface area (Å²) in [6.07, 6.45) is 3.96. The summed E-state index contributed by atoms with van der Waals surface area (Å²) < 4.78 is 5.15. The van der Waals surface area contributed by atoms with Crippen LogP contribution in [-0.4, -0.2) is 41.6 Å². The lowest BCUT2D eigenvalue weighted by molar-refractivity contribution is 0.0768. The van der Waals surface area contributed by atoms with E-state index in [1.54, 1.807) is 6.07 Å². The molecule has 24 heavy (non-hydrogen) atoms. The Morgan fingerprint density at radius 3 is 2.42 bits per heavy atom. The number of carbonyl (C=O) groups excluding carboxylic acids is 1. The second-order valence-corrected chi connectivity index (χ2v) is 6.67. The Morgan fingerprint density at radius 1 is 1.29 bits per heavy atom. The lowest BCUT2D eigenvalue weighted by Gasteiger charge is -2.41. The quantitative estimate of drug-likeness (QED) is 0.665. The first-order valence-electron chi connectivity index (χ1n) is 9.44. The van der Waals surface area contributed by atoms with Crippen molar-refractivity contribution in [3.8, 4) is 0 Å². The highest BCUT2D eigenvalue weighted by Gasteiger charge is 2.35. The van der Waals surface area contributed by atoms with Crippen molar-refractivity contribution in [3.63, 3.8) is 0 Å². The number of nitrogens with zero attached hydrogens (tertiary/aromatic N) is 2. The van der Waals surface area contributed by atoms with Crippen molar-refractivity contribution in [2.24, 2.45) is 5.41 Å². The Bertz CT molecular complexity index is 495. The molecular weight excluding hydrogens is 302 g/mol. The van der Waals surface area contributed by atoms with Crippen molar-refractivity contribution in [1.82, 2.24) is 15.4 Å². The number of hydrogen-bond acceptors (Lipinski definition) is 4. The minimum atomic E-state index is -0.143. The van der Waals surface area contributed by atoms with Crippen LogP contribution in [-0.2, 0) is 6.42 Å². The number of hydrogen-bond donors (Lipinski definition) is 1. The number of rotatable bonds is 11. The van der Waals surface area contributed by atoms with Crippen LogP contribution in [0.2, 0.25) is 0 Å². The van der Waals surface area contributed by atoms with E-state index in [2.05, 4.69) is 50.0 Å². The van der Waals surface area contributed by atoms with Crippen molar-refractivity contribution in [1.29, 1.82) is 0 Å². The van der Waals surface area contributed by atoms with Crippen LogP contribution in [0.5, 0.6) is 0 Å². The first-order chi connectivity index (χ1) is 11.5. The highest BCUT2D eigenvalue weighted by Crippen LogP contribution is 2.32. The van der Waals surface area contributed by atoms with Crippen LogP contribution in [0.15, 0.2) is 10.6 Å². The normalized spacial score (nSPS) is 13.3. The predicted molar refractivity (Wildman–Crippen MR) is 98.2 cm³/mol. The van der Waals surface area contributed by atoms with Crippen LogP contribution in [0, 0.1) is 5.41 Å². The Balaban J connectivity index is 2.84. The maximum absolute atomic E-state index is 12.5. The van der Waals surface area contributed by atoms with E-state index in [0.717, 1.165) is 51.1 Å². The molecule has 5 heteroatoms. The summed E-state index contributed by atoms with van der Waals surface area (Å²) in [5.74, 6) is 0.598. The second-order valence-electron chi connectivity index (χ2n) is 6.67. The number of amides is 1. The van der Waals surface area contributed by atoms with Gasteiger partial charge in [-0.1, -0.05) is 39.8 Å². The molecule has 1 aromatic heterocycles. The van der Waals surface area contributed by atoms with E-state index in [1.807, 2.05) is 6.92 Å². The van der Waals surface area contributed by atoms with E-state index < -0.39 is 0 Å². The summed E-state index contributed by atoms with van der Waals surface area (Å²) in [7, 11) is 0. The predicted octanol–water partition coefficient (Wildman–Crippen LogP) is 3.89. The fourth-order valence-corrected chi connectivity index (χ4v) is 3.34. The summed E-state index contributed by atoms with van der Waals surface area (Å²) in [5, 5.41) is 7.04. The zero-order chi connectivity index (χ0) is 18.2. The monoisotopic (exact) mass is 337 g/mol. The molecule has 0 aromatic carbocycles. The van der Waals surface area contributed by atoms with Crippen LogP contribution in [0.25, 0.3) is 0 Å². The van der Waals surface area contributed by atoms with Gasteiger partial charge < -0.3 is 14.7 Å². The van der Waals surface area contributed by atoms with Crippen molar-refractivity contribution >= 4 is 5.91 Å². The molecule has 0 aliphatic carbocycles. The third-order valence-electron chi connectivity index (χ3n) is 5.34.